The number of nitro groups is 1. The molecule has 1 heterocycles. The fourth-order valence-electron chi connectivity index (χ4n) is 0.594. The van der Waals surface area contributed by atoms with Gasteiger partial charge in [0.2, 0.25) is 0 Å². The third-order valence-electron chi connectivity index (χ3n) is 1.08. The molecule has 1 aromatic rings. The molecule has 0 unspecified atom stereocenters. The molecule has 0 N–H and O–H groups in total. The minimum absolute atomic E-state index is 0.209. The summed E-state index contributed by atoms with van der Waals surface area (Å²) < 4.78 is 6.13. The molecule has 0 fully saturated rings. The zero-order valence-electron chi connectivity index (χ0n) is 5.52. The molecule has 0 aliphatic heterocycles. The lowest BCUT2D eigenvalue weighted by molar-refractivity contribution is -0.389. The Morgan fingerprint density at radius 1 is 1.91 bits per heavy atom. The van der Waals surface area contributed by atoms with Crippen LogP contribution in [-0.2, 0) is 7.05 Å². The number of nitrogens with zero attached hydrogens (tertiary/aromatic N) is 3. The van der Waals surface area contributed by atoms with Crippen molar-refractivity contribution in [1.82, 2.24) is 9.55 Å². The number of aryl methyl sites for hydroxylation is 1. The van der Waals surface area contributed by atoms with Crippen LogP contribution in [0.25, 0.3) is 0 Å². The van der Waals surface area contributed by atoms with Crippen molar-refractivity contribution >= 4 is 28.8 Å². The molecule has 0 amide bonds. The Kier molecular flexibility index (Phi) is 2.27. The average Bonchev–Trinajstić information content (AvgIpc) is 2.31. The average molecular weight is 269 g/mol. The molecule has 0 bridgehead atoms. The van der Waals surface area contributed by atoms with Gasteiger partial charge in [-0.05, 0) is 4.92 Å². The quantitative estimate of drug-likeness (QED) is 0.457. The first kappa shape index (κ1) is 8.24. The maximum absolute atomic E-state index is 10.2. The predicted molar refractivity (Wildman–Crippen MR) is 44.5 cm³/mol. The van der Waals surface area contributed by atoms with Gasteiger partial charge in [-0.1, -0.05) is 0 Å². The molecule has 11 heavy (non-hydrogen) atoms. The van der Waals surface area contributed by atoms with Crippen LogP contribution in [0.2, 0.25) is 0 Å². The zero-order valence-corrected chi connectivity index (χ0v) is 7.68. The summed E-state index contributed by atoms with van der Waals surface area (Å²) in [6.45, 7) is 0. The van der Waals surface area contributed by atoms with E-state index < -0.39 is 4.92 Å². The van der Waals surface area contributed by atoms with E-state index in [2.05, 4.69) is 4.98 Å². The monoisotopic (exact) mass is 269 g/mol. The number of halogens is 1. The highest BCUT2D eigenvalue weighted by Crippen LogP contribution is 2.16. The van der Waals surface area contributed by atoms with Gasteiger partial charge in [0.25, 0.3) is 0 Å². The molecule has 60 valence electrons. The van der Waals surface area contributed by atoms with Crippen LogP contribution in [-0.4, -0.2) is 14.5 Å². The van der Waals surface area contributed by atoms with E-state index in [1.807, 2.05) is 0 Å². The van der Waals surface area contributed by atoms with E-state index in [1.165, 1.54) is 10.8 Å². The molecule has 6 nitrogen and oxygen atoms in total. The molecule has 0 atom stereocenters. The van der Waals surface area contributed by atoms with E-state index >= 15 is 0 Å². The molecule has 0 saturated carbocycles. The van der Waals surface area contributed by atoms with Crippen molar-refractivity contribution in [2.45, 2.75) is 0 Å². The molecule has 1 aromatic heterocycles. The van der Waals surface area contributed by atoms with E-state index in [0.717, 1.165) is 0 Å². The fourth-order valence-corrected chi connectivity index (χ4v) is 1.00. The van der Waals surface area contributed by atoms with Gasteiger partial charge in [-0.3, -0.25) is 4.57 Å². The molecule has 0 aromatic carbocycles. The highest BCUT2D eigenvalue weighted by molar-refractivity contribution is 14.1. The Morgan fingerprint density at radius 3 is 2.82 bits per heavy atom. The lowest BCUT2D eigenvalue weighted by Gasteiger charge is -1.86. The van der Waals surface area contributed by atoms with Gasteiger partial charge in [0.15, 0.2) is 23.0 Å². The highest BCUT2D eigenvalue weighted by atomic mass is 127. The summed E-state index contributed by atoms with van der Waals surface area (Å²) in [6, 6.07) is 0.220. The minimum Gasteiger partial charge on any atom is -0.375 e. The third-order valence-corrected chi connectivity index (χ3v) is 1.47. The Balaban J connectivity index is 3.05. The SMILES string of the molecule is Cn1cc([N+](=O)[O-])nc1OI. The van der Waals surface area contributed by atoms with E-state index in [1.54, 1.807) is 30.1 Å². The Morgan fingerprint density at radius 2 is 2.55 bits per heavy atom. The Hall–Kier alpha value is -0.860. The summed E-state index contributed by atoms with van der Waals surface area (Å²) in [5.74, 6) is -0.209. The highest BCUT2D eigenvalue weighted by Gasteiger charge is 2.16. The van der Waals surface area contributed by atoms with Crippen LogP contribution in [0.1, 0.15) is 0 Å². The van der Waals surface area contributed by atoms with Crippen LogP contribution in [0.5, 0.6) is 6.01 Å². The van der Waals surface area contributed by atoms with Crippen molar-refractivity contribution in [3.8, 4) is 6.01 Å². The number of hydrogen-bond donors (Lipinski definition) is 0. The van der Waals surface area contributed by atoms with Crippen molar-refractivity contribution in [1.29, 1.82) is 0 Å². The van der Waals surface area contributed by atoms with Crippen LogP contribution < -0.4 is 3.07 Å². The molecule has 0 spiro atoms. The van der Waals surface area contributed by atoms with Gasteiger partial charge in [0.1, 0.15) is 6.20 Å². The summed E-state index contributed by atoms with van der Waals surface area (Å²) in [7, 11) is 1.62. The van der Waals surface area contributed by atoms with Crippen LogP contribution in [0.15, 0.2) is 6.20 Å². The van der Waals surface area contributed by atoms with Crippen molar-refractivity contribution < 1.29 is 7.99 Å². The Labute approximate surface area is 76.0 Å². The summed E-state index contributed by atoms with van der Waals surface area (Å²) in [4.78, 5) is 13.1. The molecule has 7 heteroatoms. The molecule has 0 saturated heterocycles. The van der Waals surface area contributed by atoms with Crippen LogP contribution in [0.4, 0.5) is 5.82 Å². The van der Waals surface area contributed by atoms with E-state index in [-0.39, 0.29) is 11.8 Å². The lowest BCUT2D eigenvalue weighted by atomic mass is 10.8. The molecule has 0 aliphatic carbocycles. The molecular formula is C4H4IN3O3. The number of hydrogen-bond acceptors (Lipinski definition) is 4. The minimum atomic E-state index is -0.570. The van der Waals surface area contributed by atoms with Crippen molar-refractivity contribution in [2.24, 2.45) is 7.05 Å². The summed E-state index contributed by atoms with van der Waals surface area (Å²) >= 11 is 1.61. The summed E-state index contributed by atoms with van der Waals surface area (Å²) in [5.41, 5.74) is 0. The summed E-state index contributed by atoms with van der Waals surface area (Å²) in [5, 5.41) is 10.2. The van der Waals surface area contributed by atoms with Gasteiger partial charge < -0.3 is 13.2 Å². The standard InChI is InChI=1S/C4H4IN3O3/c1-7-2-3(8(9)10)6-4(7)11-5/h2H,1H3. The number of rotatable bonds is 2. The maximum atomic E-state index is 10.2. The van der Waals surface area contributed by atoms with Gasteiger partial charge in [-0.25, -0.2) is 0 Å². The van der Waals surface area contributed by atoms with Crippen LogP contribution in [0, 0.1) is 10.1 Å². The smallest absolute Gasteiger partial charge is 0.375 e. The Bertz CT molecular complexity index is 284. The van der Waals surface area contributed by atoms with Crippen LogP contribution >= 0.6 is 23.0 Å². The van der Waals surface area contributed by atoms with Crippen molar-refractivity contribution in [2.75, 3.05) is 0 Å². The number of imidazole rings is 1. The fraction of sp³-hybridized carbons (Fsp3) is 0.250. The third kappa shape index (κ3) is 1.59. The summed E-state index contributed by atoms with van der Waals surface area (Å²) in [6.07, 6.45) is 1.29. The second-order valence-electron chi connectivity index (χ2n) is 1.83. The van der Waals surface area contributed by atoms with E-state index in [9.17, 15) is 10.1 Å². The molecule has 1 rings (SSSR count). The molecule has 0 aliphatic rings. The van der Waals surface area contributed by atoms with Gasteiger partial charge in [0.05, 0.1) is 0 Å². The van der Waals surface area contributed by atoms with Gasteiger partial charge in [-0.2, -0.15) is 0 Å². The van der Waals surface area contributed by atoms with Gasteiger partial charge >= 0.3 is 11.8 Å². The number of aromatic nitrogens is 2. The zero-order chi connectivity index (χ0) is 8.43. The van der Waals surface area contributed by atoms with Crippen molar-refractivity contribution in [3.05, 3.63) is 16.3 Å². The van der Waals surface area contributed by atoms with Crippen molar-refractivity contribution in [3.63, 3.8) is 0 Å². The second-order valence-corrected chi connectivity index (χ2v) is 2.27. The lowest BCUT2D eigenvalue weighted by Crippen LogP contribution is -1.87. The maximum Gasteiger partial charge on any atom is 0.423 e. The topological polar surface area (TPSA) is 70.2 Å². The molecule has 0 radical (unpaired) electrons. The van der Waals surface area contributed by atoms with E-state index in [0.29, 0.717) is 0 Å². The predicted octanol–water partition coefficient (Wildman–Crippen LogP) is 1.06. The van der Waals surface area contributed by atoms with E-state index in [4.69, 9.17) is 3.07 Å². The largest absolute Gasteiger partial charge is 0.423 e. The van der Waals surface area contributed by atoms with Crippen LogP contribution in [0.3, 0.4) is 0 Å². The first-order valence-electron chi connectivity index (χ1n) is 2.61. The molecular weight excluding hydrogens is 265 g/mol. The second kappa shape index (κ2) is 3.03. The van der Waals surface area contributed by atoms with Gasteiger partial charge in [-0.15, -0.1) is 0 Å². The van der Waals surface area contributed by atoms with Gasteiger partial charge in [0, 0.05) is 12.0 Å². The first-order chi connectivity index (χ1) is 5.15. The first-order valence-corrected chi connectivity index (χ1v) is 3.49. The normalized spacial score (nSPS) is 9.64.